The lowest BCUT2D eigenvalue weighted by molar-refractivity contribution is 0.0979. The van der Waals surface area contributed by atoms with E-state index in [0.29, 0.717) is 33.7 Å². The minimum atomic E-state index is -0.216. The molecule has 0 spiro atoms. The molecule has 0 atom stereocenters. The van der Waals surface area contributed by atoms with Crippen LogP contribution < -0.4 is 9.64 Å². The molecular formula is C21H19ClN4O2S. The van der Waals surface area contributed by atoms with Crippen LogP contribution in [0.4, 0.5) is 5.13 Å². The van der Waals surface area contributed by atoms with E-state index >= 15 is 0 Å². The van der Waals surface area contributed by atoms with Crippen molar-refractivity contribution in [2.45, 2.75) is 13.5 Å². The molecule has 8 heteroatoms. The number of carbonyl (C=O) groups excluding carboxylic acids is 1. The number of aryl methyl sites for hydroxylation is 2. The fraction of sp³-hybridized carbons (Fsp3) is 0.190. The summed E-state index contributed by atoms with van der Waals surface area (Å²) in [7, 11) is 3.40. The molecule has 0 bridgehead atoms. The van der Waals surface area contributed by atoms with Gasteiger partial charge in [0.15, 0.2) is 10.8 Å². The topological polar surface area (TPSA) is 60.2 Å². The predicted molar refractivity (Wildman–Crippen MR) is 116 cm³/mol. The number of aromatic nitrogens is 3. The third kappa shape index (κ3) is 3.71. The van der Waals surface area contributed by atoms with E-state index in [1.54, 1.807) is 34.9 Å². The Morgan fingerprint density at radius 3 is 2.66 bits per heavy atom. The molecule has 0 fully saturated rings. The highest BCUT2D eigenvalue weighted by Gasteiger charge is 2.25. The summed E-state index contributed by atoms with van der Waals surface area (Å²) < 4.78 is 7.89. The smallest absolute Gasteiger partial charge is 0.280 e. The van der Waals surface area contributed by atoms with E-state index in [4.69, 9.17) is 21.3 Å². The van der Waals surface area contributed by atoms with Crippen molar-refractivity contribution in [3.8, 4) is 5.75 Å². The Hall–Kier alpha value is -2.90. The van der Waals surface area contributed by atoms with Gasteiger partial charge in [-0.05, 0) is 30.7 Å². The zero-order valence-corrected chi connectivity index (χ0v) is 17.8. The highest BCUT2D eigenvalue weighted by molar-refractivity contribution is 7.23. The molecule has 0 aliphatic heterocycles. The first-order valence-electron chi connectivity index (χ1n) is 8.97. The van der Waals surface area contributed by atoms with Crippen molar-refractivity contribution >= 4 is 44.2 Å². The minimum Gasteiger partial charge on any atom is -0.494 e. The van der Waals surface area contributed by atoms with Crippen LogP contribution in [-0.2, 0) is 13.6 Å². The Morgan fingerprint density at radius 2 is 2.00 bits per heavy atom. The van der Waals surface area contributed by atoms with Gasteiger partial charge >= 0.3 is 0 Å². The van der Waals surface area contributed by atoms with Crippen LogP contribution in [0.5, 0.6) is 5.75 Å². The predicted octanol–water partition coefficient (Wildman–Crippen LogP) is 4.85. The number of methoxy groups -OCH3 is 1. The number of amides is 1. The third-order valence-corrected chi connectivity index (χ3v) is 6.20. The lowest BCUT2D eigenvalue weighted by Crippen LogP contribution is -2.30. The number of thiazole rings is 1. The molecule has 4 aromatic rings. The Morgan fingerprint density at radius 1 is 1.24 bits per heavy atom. The molecule has 0 aliphatic rings. The van der Waals surface area contributed by atoms with Crippen molar-refractivity contribution in [3.05, 3.63) is 70.5 Å². The Labute approximate surface area is 177 Å². The average molecular weight is 427 g/mol. The maximum absolute atomic E-state index is 13.4. The first-order chi connectivity index (χ1) is 14.0. The highest BCUT2D eigenvalue weighted by Crippen LogP contribution is 2.39. The molecule has 0 saturated carbocycles. The molecule has 4 rings (SSSR count). The normalized spacial score (nSPS) is 11.0. The molecule has 1 amide bonds. The number of carbonyl (C=O) groups is 1. The summed E-state index contributed by atoms with van der Waals surface area (Å²) >= 11 is 7.74. The molecule has 2 aromatic heterocycles. The van der Waals surface area contributed by atoms with Gasteiger partial charge in [0.25, 0.3) is 5.91 Å². The Balaban J connectivity index is 1.82. The number of anilines is 1. The average Bonchev–Trinajstić information content (AvgIpc) is 3.31. The molecule has 2 aromatic carbocycles. The van der Waals surface area contributed by atoms with Crippen molar-refractivity contribution in [2.75, 3.05) is 12.0 Å². The number of ether oxygens (including phenoxy) is 1. The Bertz CT molecular complexity index is 1170. The maximum atomic E-state index is 13.4. The molecule has 0 aliphatic carbocycles. The van der Waals surface area contributed by atoms with E-state index in [-0.39, 0.29) is 5.91 Å². The molecule has 0 N–H and O–H groups in total. The van der Waals surface area contributed by atoms with E-state index in [1.165, 1.54) is 11.3 Å². The number of hydrogen-bond acceptors (Lipinski definition) is 5. The van der Waals surface area contributed by atoms with Gasteiger partial charge in [0.05, 0.1) is 23.4 Å². The number of fused-ring (bicyclic) bond motifs is 1. The van der Waals surface area contributed by atoms with Crippen molar-refractivity contribution in [3.63, 3.8) is 0 Å². The molecule has 148 valence electrons. The van der Waals surface area contributed by atoms with Crippen LogP contribution >= 0.6 is 22.9 Å². The second kappa shape index (κ2) is 7.85. The third-order valence-electron chi connectivity index (χ3n) is 4.66. The number of rotatable bonds is 5. The van der Waals surface area contributed by atoms with E-state index in [1.807, 2.05) is 44.3 Å². The first-order valence-corrected chi connectivity index (χ1v) is 10.2. The molecule has 0 unspecified atom stereocenters. The lowest BCUT2D eigenvalue weighted by atomic mass is 10.2. The van der Waals surface area contributed by atoms with Crippen molar-refractivity contribution in [1.29, 1.82) is 0 Å². The number of hydrogen-bond donors (Lipinski definition) is 0. The quantitative estimate of drug-likeness (QED) is 0.457. The summed E-state index contributed by atoms with van der Waals surface area (Å²) in [6, 6.07) is 15.1. The minimum absolute atomic E-state index is 0.216. The van der Waals surface area contributed by atoms with Gasteiger partial charge in [0.1, 0.15) is 11.3 Å². The largest absolute Gasteiger partial charge is 0.494 e. The fourth-order valence-corrected chi connectivity index (χ4v) is 4.27. The standard InChI is InChI=1S/C21H19ClN4O2S/c1-13-11-16(24-25(13)2)20(27)26(12-14-7-5-4-6-8-14)21-23-18-17(28-3)10-9-15(22)19(18)29-21/h4-11H,12H2,1-3H3. The molecule has 2 heterocycles. The summed E-state index contributed by atoms with van der Waals surface area (Å²) in [4.78, 5) is 19.7. The zero-order valence-electron chi connectivity index (χ0n) is 16.2. The van der Waals surface area contributed by atoms with Gasteiger partial charge < -0.3 is 4.74 Å². The zero-order chi connectivity index (χ0) is 20.5. The first kappa shape index (κ1) is 19.4. The maximum Gasteiger partial charge on any atom is 0.280 e. The van der Waals surface area contributed by atoms with Crippen LogP contribution in [0.15, 0.2) is 48.5 Å². The van der Waals surface area contributed by atoms with E-state index < -0.39 is 0 Å². The van der Waals surface area contributed by atoms with E-state index in [0.717, 1.165) is 16.0 Å². The van der Waals surface area contributed by atoms with Crippen LogP contribution in [0.25, 0.3) is 10.2 Å². The summed E-state index contributed by atoms with van der Waals surface area (Å²) in [5, 5.41) is 5.47. The molecule has 29 heavy (non-hydrogen) atoms. The van der Waals surface area contributed by atoms with Gasteiger partial charge in [-0.1, -0.05) is 53.3 Å². The SMILES string of the molecule is COc1ccc(Cl)c2sc(N(Cc3ccccc3)C(=O)c3cc(C)n(C)n3)nc12. The summed E-state index contributed by atoms with van der Waals surface area (Å²) in [5.41, 5.74) is 2.91. The van der Waals surface area contributed by atoms with Crippen molar-refractivity contribution in [2.24, 2.45) is 7.05 Å². The van der Waals surface area contributed by atoms with Crippen LogP contribution in [0, 0.1) is 6.92 Å². The van der Waals surface area contributed by atoms with Crippen molar-refractivity contribution < 1.29 is 9.53 Å². The van der Waals surface area contributed by atoms with Gasteiger partial charge in [0, 0.05) is 12.7 Å². The second-order valence-electron chi connectivity index (χ2n) is 6.60. The Kier molecular flexibility index (Phi) is 5.25. The van der Waals surface area contributed by atoms with E-state index in [2.05, 4.69) is 5.10 Å². The molecular weight excluding hydrogens is 408 g/mol. The molecule has 0 radical (unpaired) electrons. The number of nitrogens with zero attached hydrogens (tertiary/aromatic N) is 4. The molecule has 0 saturated heterocycles. The summed E-state index contributed by atoms with van der Waals surface area (Å²) in [5.74, 6) is 0.402. The van der Waals surface area contributed by atoms with Gasteiger partial charge in [0.2, 0.25) is 0 Å². The summed E-state index contributed by atoms with van der Waals surface area (Å²) in [6.45, 7) is 2.28. The summed E-state index contributed by atoms with van der Waals surface area (Å²) in [6.07, 6.45) is 0. The van der Waals surface area contributed by atoms with Gasteiger partial charge in [-0.15, -0.1) is 0 Å². The fourth-order valence-electron chi connectivity index (χ4n) is 3.02. The van der Waals surface area contributed by atoms with Gasteiger partial charge in [-0.3, -0.25) is 14.4 Å². The second-order valence-corrected chi connectivity index (χ2v) is 7.98. The van der Waals surface area contributed by atoms with Crippen LogP contribution in [-0.4, -0.2) is 27.8 Å². The lowest BCUT2D eigenvalue weighted by Gasteiger charge is -2.19. The van der Waals surface area contributed by atoms with Gasteiger partial charge in [-0.2, -0.15) is 5.10 Å². The number of benzene rings is 2. The van der Waals surface area contributed by atoms with Crippen LogP contribution in [0.3, 0.4) is 0 Å². The van der Waals surface area contributed by atoms with Crippen molar-refractivity contribution in [1.82, 2.24) is 14.8 Å². The van der Waals surface area contributed by atoms with Gasteiger partial charge in [-0.25, -0.2) is 4.98 Å². The number of halogens is 1. The monoisotopic (exact) mass is 426 g/mol. The highest BCUT2D eigenvalue weighted by atomic mass is 35.5. The van der Waals surface area contributed by atoms with Crippen LogP contribution in [0.2, 0.25) is 5.02 Å². The molecule has 6 nitrogen and oxygen atoms in total. The van der Waals surface area contributed by atoms with Crippen LogP contribution in [0.1, 0.15) is 21.7 Å². The van der Waals surface area contributed by atoms with E-state index in [9.17, 15) is 4.79 Å².